The molecule has 0 aromatic heterocycles. The van der Waals surface area contributed by atoms with Gasteiger partial charge in [0, 0.05) is 12.1 Å². The lowest BCUT2D eigenvalue weighted by Crippen LogP contribution is -2.48. The van der Waals surface area contributed by atoms with E-state index in [4.69, 9.17) is 21.1 Å². The van der Waals surface area contributed by atoms with Gasteiger partial charge in [0.25, 0.3) is 5.91 Å². The lowest BCUT2D eigenvalue weighted by atomic mass is 10.0. The summed E-state index contributed by atoms with van der Waals surface area (Å²) >= 11 is 8.85. The highest BCUT2D eigenvalue weighted by atomic mass is 79.9. The van der Waals surface area contributed by atoms with Gasteiger partial charge in [-0.2, -0.15) is 0 Å². The van der Waals surface area contributed by atoms with E-state index in [2.05, 4.69) is 21.2 Å². The van der Waals surface area contributed by atoms with Crippen LogP contribution in [0.25, 0.3) is 0 Å². The van der Waals surface area contributed by atoms with E-state index in [0.29, 0.717) is 6.42 Å². The first-order valence-corrected chi connectivity index (χ1v) is 9.65. The van der Waals surface area contributed by atoms with Gasteiger partial charge >= 0.3 is 5.97 Å². The highest BCUT2D eigenvalue weighted by Gasteiger charge is 2.25. The van der Waals surface area contributed by atoms with Gasteiger partial charge in [-0.1, -0.05) is 24.6 Å². The maximum absolute atomic E-state index is 13.6. The van der Waals surface area contributed by atoms with Crippen molar-refractivity contribution in [1.82, 2.24) is 5.32 Å². The molecule has 0 spiro atoms. The predicted octanol–water partition coefficient (Wildman–Crippen LogP) is 4.80. The van der Waals surface area contributed by atoms with E-state index in [9.17, 15) is 14.0 Å². The summed E-state index contributed by atoms with van der Waals surface area (Å²) in [7, 11) is 0. The molecule has 0 radical (unpaired) electrons. The molecular formula is C19H24BrClFNO4. The van der Waals surface area contributed by atoms with Crippen molar-refractivity contribution in [3.8, 4) is 5.75 Å². The highest BCUT2D eigenvalue weighted by Crippen LogP contribution is 2.29. The first-order valence-electron chi connectivity index (χ1n) is 8.48. The van der Waals surface area contributed by atoms with Gasteiger partial charge in [-0.3, -0.25) is 4.79 Å². The zero-order valence-electron chi connectivity index (χ0n) is 15.9. The molecule has 0 saturated heterocycles. The number of carbonyl (C=O) groups is 2. The molecule has 0 aliphatic rings. The molecule has 1 atom stereocenters. The van der Waals surface area contributed by atoms with Crippen LogP contribution >= 0.6 is 27.5 Å². The monoisotopic (exact) mass is 463 g/mol. The summed E-state index contributed by atoms with van der Waals surface area (Å²) in [5, 5.41) is 2.69. The summed E-state index contributed by atoms with van der Waals surface area (Å²) in [4.78, 5) is 24.2. The summed E-state index contributed by atoms with van der Waals surface area (Å²) < 4.78 is 24.4. The van der Waals surface area contributed by atoms with Crippen molar-refractivity contribution >= 4 is 39.4 Å². The molecule has 1 aromatic rings. The molecule has 8 heteroatoms. The lowest BCUT2D eigenvalue weighted by molar-refractivity contribution is -0.141. The fraction of sp³-hybridized carbons (Fsp3) is 0.474. The van der Waals surface area contributed by atoms with Gasteiger partial charge in [-0.15, -0.1) is 0 Å². The highest BCUT2D eigenvalue weighted by molar-refractivity contribution is 9.10. The second-order valence-electron chi connectivity index (χ2n) is 6.75. The third kappa shape index (κ3) is 7.89. The minimum atomic E-state index is -0.811. The number of amides is 1. The van der Waals surface area contributed by atoms with Crippen LogP contribution in [0.2, 0.25) is 5.02 Å². The summed E-state index contributed by atoms with van der Waals surface area (Å²) in [6.45, 7) is 8.77. The Morgan fingerprint density at radius 2 is 2.00 bits per heavy atom. The van der Waals surface area contributed by atoms with E-state index in [0.717, 1.165) is 0 Å². The minimum absolute atomic E-state index is 0.110. The number of halogens is 3. The van der Waals surface area contributed by atoms with Crippen LogP contribution < -0.4 is 10.1 Å². The van der Waals surface area contributed by atoms with Gasteiger partial charge in [0.1, 0.15) is 5.75 Å². The standard InChI is InChI=1S/C19H24BrClFNO4/c1-6-15(27-12-9-13(20)17(22)14(21)10-12)18(25)23-19(4,5)8-7-16(24)26-11(2)3/h7-11,15H,6H2,1-5H3,(H,23,25)/b8-7+/t15-/m1/s1. The number of hydrogen-bond acceptors (Lipinski definition) is 4. The Morgan fingerprint density at radius 3 is 2.52 bits per heavy atom. The topological polar surface area (TPSA) is 64.6 Å². The quantitative estimate of drug-likeness (QED) is 0.341. The van der Waals surface area contributed by atoms with Crippen LogP contribution in [0.15, 0.2) is 28.8 Å². The largest absolute Gasteiger partial charge is 0.481 e. The molecule has 1 amide bonds. The molecule has 0 aliphatic carbocycles. The van der Waals surface area contributed by atoms with Crippen LogP contribution in [-0.4, -0.2) is 29.6 Å². The van der Waals surface area contributed by atoms with Gasteiger partial charge in [-0.05, 0) is 56.1 Å². The number of nitrogens with one attached hydrogen (secondary N) is 1. The van der Waals surface area contributed by atoms with E-state index in [1.807, 2.05) is 0 Å². The zero-order valence-corrected chi connectivity index (χ0v) is 18.3. The van der Waals surface area contributed by atoms with Crippen molar-refractivity contribution in [3.05, 3.63) is 39.6 Å². The van der Waals surface area contributed by atoms with Crippen molar-refractivity contribution in [2.24, 2.45) is 0 Å². The fourth-order valence-electron chi connectivity index (χ4n) is 2.07. The Kier molecular flexibility index (Phi) is 8.75. The van der Waals surface area contributed by atoms with E-state index in [1.165, 1.54) is 18.2 Å². The van der Waals surface area contributed by atoms with E-state index < -0.39 is 23.4 Å². The SMILES string of the molecule is CC[C@@H](Oc1cc(Cl)c(F)c(Br)c1)C(=O)NC(C)(C)/C=C/C(=O)OC(C)C. The Bertz CT molecular complexity index is 699. The van der Waals surface area contributed by atoms with E-state index in [1.54, 1.807) is 40.7 Å². The van der Waals surface area contributed by atoms with Crippen molar-refractivity contribution < 1.29 is 23.5 Å². The van der Waals surface area contributed by atoms with Crippen LogP contribution in [0.1, 0.15) is 41.0 Å². The smallest absolute Gasteiger partial charge is 0.330 e. The Labute approximate surface area is 172 Å². The summed E-state index contributed by atoms with van der Waals surface area (Å²) in [6, 6.07) is 2.72. The molecule has 0 unspecified atom stereocenters. The molecule has 0 aliphatic heterocycles. The van der Waals surface area contributed by atoms with E-state index in [-0.39, 0.29) is 27.3 Å². The number of benzene rings is 1. The van der Waals surface area contributed by atoms with Crippen molar-refractivity contribution in [1.29, 1.82) is 0 Å². The molecule has 0 bridgehead atoms. The summed E-state index contributed by atoms with van der Waals surface area (Å²) in [5.74, 6) is -1.19. The molecule has 0 heterocycles. The van der Waals surface area contributed by atoms with Gasteiger partial charge in [-0.25, -0.2) is 9.18 Å². The fourth-order valence-corrected chi connectivity index (χ4v) is 2.84. The third-order valence-corrected chi connectivity index (χ3v) is 4.18. The zero-order chi connectivity index (χ0) is 20.8. The molecule has 1 N–H and O–H groups in total. The molecule has 0 saturated carbocycles. The second kappa shape index (κ2) is 10.1. The van der Waals surface area contributed by atoms with Crippen LogP contribution in [0.3, 0.4) is 0 Å². The normalized spacial score (nSPS) is 12.9. The van der Waals surface area contributed by atoms with Gasteiger partial charge in [0.2, 0.25) is 0 Å². The average Bonchev–Trinajstić information content (AvgIpc) is 2.54. The number of carbonyl (C=O) groups excluding carboxylic acids is 2. The number of rotatable bonds is 8. The lowest BCUT2D eigenvalue weighted by Gasteiger charge is -2.26. The molecule has 150 valence electrons. The predicted molar refractivity (Wildman–Crippen MR) is 106 cm³/mol. The number of ether oxygens (including phenoxy) is 2. The van der Waals surface area contributed by atoms with Crippen LogP contribution in [0.5, 0.6) is 5.75 Å². The minimum Gasteiger partial charge on any atom is -0.481 e. The van der Waals surface area contributed by atoms with Crippen LogP contribution in [0, 0.1) is 5.82 Å². The molecule has 27 heavy (non-hydrogen) atoms. The first kappa shape index (κ1) is 23.4. The molecule has 5 nitrogen and oxygen atoms in total. The average molecular weight is 465 g/mol. The first-order chi connectivity index (χ1) is 12.4. The van der Waals surface area contributed by atoms with E-state index >= 15 is 0 Å². The van der Waals surface area contributed by atoms with Crippen molar-refractivity contribution in [2.75, 3.05) is 0 Å². The third-order valence-electron chi connectivity index (χ3n) is 3.33. The Morgan fingerprint density at radius 1 is 1.37 bits per heavy atom. The number of hydrogen-bond donors (Lipinski definition) is 1. The maximum Gasteiger partial charge on any atom is 0.330 e. The summed E-state index contributed by atoms with van der Waals surface area (Å²) in [5.41, 5.74) is -0.801. The van der Waals surface area contributed by atoms with Crippen LogP contribution in [-0.2, 0) is 14.3 Å². The second-order valence-corrected chi connectivity index (χ2v) is 8.01. The Hall–Kier alpha value is -1.60. The summed E-state index contributed by atoms with van der Waals surface area (Å²) in [6.07, 6.45) is 2.17. The Balaban J connectivity index is 2.80. The van der Waals surface area contributed by atoms with Crippen molar-refractivity contribution in [3.63, 3.8) is 0 Å². The molecular weight excluding hydrogens is 441 g/mol. The van der Waals surface area contributed by atoms with Gasteiger partial charge < -0.3 is 14.8 Å². The molecule has 0 fully saturated rings. The van der Waals surface area contributed by atoms with Crippen LogP contribution in [0.4, 0.5) is 4.39 Å². The van der Waals surface area contributed by atoms with Crippen molar-refractivity contribution in [2.45, 2.75) is 58.8 Å². The number of esters is 1. The maximum atomic E-state index is 13.6. The molecule has 1 aromatic carbocycles. The van der Waals surface area contributed by atoms with Gasteiger partial charge in [0.05, 0.1) is 21.1 Å². The molecule has 1 rings (SSSR count). The van der Waals surface area contributed by atoms with Gasteiger partial charge in [0.15, 0.2) is 11.9 Å².